The molecule has 3 rings (SSSR count). The number of hydrogen-bond acceptors (Lipinski definition) is 4. The fourth-order valence-corrected chi connectivity index (χ4v) is 3.25. The van der Waals surface area contributed by atoms with Crippen molar-refractivity contribution in [2.45, 2.75) is 32.7 Å². The molecule has 0 spiro atoms. The number of nitrogens with zero attached hydrogens (tertiary/aromatic N) is 3. The highest BCUT2D eigenvalue weighted by atomic mass is 32.1. The van der Waals surface area contributed by atoms with Crippen LogP contribution in [0, 0.1) is 6.92 Å². The smallest absolute Gasteiger partial charge is 0.155 e. The molecule has 21 heavy (non-hydrogen) atoms. The van der Waals surface area contributed by atoms with Gasteiger partial charge in [-0.25, -0.2) is 9.50 Å². The monoisotopic (exact) mass is 300 g/mol. The van der Waals surface area contributed by atoms with Crippen molar-refractivity contribution < 1.29 is 0 Å². The van der Waals surface area contributed by atoms with Gasteiger partial charge in [0.2, 0.25) is 0 Å². The van der Waals surface area contributed by atoms with Crippen molar-refractivity contribution in [2.75, 3.05) is 6.54 Å². The molecule has 0 aliphatic rings. The summed E-state index contributed by atoms with van der Waals surface area (Å²) < 4.78 is 1.84. The van der Waals surface area contributed by atoms with Crippen LogP contribution >= 0.6 is 11.3 Å². The molecule has 0 aromatic carbocycles. The first-order valence-corrected chi connectivity index (χ1v) is 7.98. The van der Waals surface area contributed by atoms with Crippen molar-refractivity contribution in [3.05, 3.63) is 52.1 Å². The zero-order valence-electron chi connectivity index (χ0n) is 12.6. The van der Waals surface area contributed by atoms with E-state index in [-0.39, 0.29) is 5.41 Å². The second-order valence-electron chi connectivity index (χ2n) is 6.02. The maximum atomic E-state index is 4.43. The van der Waals surface area contributed by atoms with E-state index < -0.39 is 0 Å². The van der Waals surface area contributed by atoms with Gasteiger partial charge in [0, 0.05) is 47.4 Å². The highest BCUT2D eigenvalue weighted by molar-refractivity contribution is 7.10. The summed E-state index contributed by atoms with van der Waals surface area (Å²) in [5, 5.41) is 10.1. The first kappa shape index (κ1) is 14.2. The number of nitrogens with one attached hydrogen (secondary N) is 1. The Labute approximate surface area is 128 Å². The van der Waals surface area contributed by atoms with Gasteiger partial charge in [-0.2, -0.15) is 5.10 Å². The van der Waals surface area contributed by atoms with Crippen LogP contribution in [0.15, 0.2) is 36.0 Å². The van der Waals surface area contributed by atoms with Gasteiger partial charge in [0.1, 0.15) is 0 Å². The van der Waals surface area contributed by atoms with Crippen LogP contribution in [0.25, 0.3) is 5.65 Å². The van der Waals surface area contributed by atoms with E-state index in [1.807, 2.05) is 41.2 Å². The lowest BCUT2D eigenvalue weighted by Crippen LogP contribution is -2.32. The fraction of sp³-hybridized carbons (Fsp3) is 0.375. The topological polar surface area (TPSA) is 42.2 Å². The highest BCUT2D eigenvalue weighted by Gasteiger charge is 2.20. The molecule has 1 N–H and O–H groups in total. The van der Waals surface area contributed by atoms with Crippen molar-refractivity contribution in [2.24, 2.45) is 0 Å². The van der Waals surface area contributed by atoms with Crippen molar-refractivity contribution >= 4 is 17.0 Å². The molecule has 0 aliphatic heterocycles. The molecule has 0 saturated carbocycles. The minimum absolute atomic E-state index is 0.147. The third-order valence-corrected chi connectivity index (χ3v) is 4.81. The van der Waals surface area contributed by atoms with Crippen LogP contribution in [0.1, 0.15) is 30.0 Å². The second kappa shape index (κ2) is 5.58. The van der Waals surface area contributed by atoms with Crippen LogP contribution < -0.4 is 5.32 Å². The standard InChI is InChI=1S/C16H20N4S/c1-12-7-15-18-9-13(10-20(15)19-12)8-17-11-16(2,3)14-5-4-6-21-14/h4-7,9-10,17H,8,11H2,1-3H3. The van der Waals surface area contributed by atoms with Gasteiger partial charge in [0.15, 0.2) is 5.65 Å². The summed E-state index contributed by atoms with van der Waals surface area (Å²) in [5.41, 5.74) is 3.18. The molecule has 0 unspecified atom stereocenters. The Hall–Kier alpha value is -1.72. The predicted molar refractivity (Wildman–Crippen MR) is 86.8 cm³/mol. The molecule has 5 heteroatoms. The third-order valence-electron chi connectivity index (χ3n) is 3.57. The molecule has 0 aliphatic carbocycles. The normalized spacial score (nSPS) is 12.1. The van der Waals surface area contributed by atoms with E-state index in [2.05, 4.69) is 46.8 Å². The van der Waals surface area contributed by atoms with E-state index in [9.17, 15) is 0 Å². The summed E-state index contributed by atoms with van der Waals surface area (Å²) in [5.74, 6) is 0. The molecule has 0 radical (unpaired) electrons. The zero-order valence-corrected chi connectivity index (χ0v) is 13.4. The predicted octanol–water partition coefficient (Wildman–Crippen LogP) is 3.17. The van der Waals surface area contributed by atoms with Crippen molar-refractivity contribution in [1.29, 1.82) is 0 Å². The van der Waals surface area contributed by atoms with Crippen LogP contribution in [0.2, 0.25) is 0 Å². The Balaban J connectivity index is 1.64. The Kier molecular flexibility index (Phi) is 3.78. The van der Waals surface area contributed by atoms with Crippen molar-refractivity contribution in [1.82, 2.24) is 19.9 Å². The Morgan fingerprint density at radius 3 is 3.00 bits per heavy atom. The summed E-state index contributed by atoms with van der Waals surface area (Å²) in [7, 11) is 0. The quantitative estimate of drug-likeness (QED) is 0.787. The first-order valence-electron chi connectivity index (χ1n) is 7.10. The minimum Gasteiger partial charge on any atom is -0.312 e. The van der Waals surface area contributed by atoms with Crippen LogP contribution in [-0.2, 0) is 12.0 Å². The van der Waals surface area contributed by atoms with E-state index in [1.165, 1.54) is 4.88 Å². The Morgan fingerprint density at radius 2 is 2.24 bits per heavy atom. The zero-order chi connectivity index (χ0) is 14.9. The maximum Gasteiger partial charge on any atom is 0.155 e. The molecule has 0 saturated heterocycles. The van der Waals surface area contributed by atoms with E-state index in [1.54, 1.807) is 0 Å². The van der Waals surface area contributed by atoms with Gasteiger partial charge in [0.05, 0.1) is 5.69 Å². The molecule has 3 aromatic heterocycles. The fourth-order valence-electron chi connectivity index (χ4n) is 2.40. The van der Waals surface area contributed by atoms with E-state index >= 15 is 0 Å². The first-order chi connectivity index (χ1) is 10.0. The van der Waals surface area contributed by atoms with Crippen molar-refractivity contribution in [3.8, 4) is 0 Å². The molecular weight excluding hydrogens is 280 g/mol. The molecular formula is C16H20N4S. The van der Waals surface area contributed by atoms with Crippen LogP contribution in [-0.4, -0.2) is 21.1 Å². The summed E-state index contributed by atoms with van der Waals surface area (Å²) in [6.45, 7) is 8.25. The van der Waals surface area contributed by atoms with Gasteiger partial charge in [-0.05, 0) is 18.4 Å². The molecule has 4 nitrogen and oxygen atoms in total. The van der Waals surface area contributed by atoms with Crippen LogP contribution in [0.4, 0.5) is 0 Å². The van der Waals surface area contributed by atoms with Gasteiger partial charge in [0.25, 0.3) is 0 Å². The molecule has 0 fully saturated rings. The summed E-state index contributed by atoms with van der Waals surface area (Å²) in [4.78, 5) is 5.84. The minimum atomic E-state index is 0.147. The third kappa shape index (κ3) is 3.14. The van der Waals surface area contributed by atoms with Gasteiger partial charge in [-0.15, -0.1) is 11.3 Å². The molecule has 0 bridgehead atoms. The van der Waals surface area contributed by atoms with E-state index in [0.29, 0.717) is 0 Å². The van der Waals surface area contributed by atoms with Crippen LogP contribution in [0.5, 0.6) is 0 Å². The second-order valence-corrected chi connectivity index (χ2v) is 6.96. The number of aryl methyl sites for hydroxylation is 1. The number of hydrogen-bond donors (Lipinski definition) is 1. The summed E-state index contributed by atoms with van der Waals surface area (Å²) in [6, 6.07) is 6.29. The maximum absolute atomic E-state index is 4.43. The number of rotatable bonds is 5. The van der Waals surface area contributed by atoms with Gasteiger partial charge < -0.3 is 5.32 Å². The average Bonchev–Trinajstić information content (AvgIpc) is 3.06. The largest absolute Gasteiger partial charge is 0.312 e. The van der Waals surface area contributed by atoms with Gasteiger partial charge >= 0.3 is 0 Å². The van der Waals surface area contributed by atoms with Crippen LogP contribution in [0.3, 0.4) is 0 Å². The van der Waals surface area contributed by atoms with E-state index in [4.69, 9.17) is 0 Å². The van der Waals surface area contributed by atoms with Gasteiger partial charge in [-0.1, -0.05) is 19.9 Å². The lowest BCUT2D eigenvalue weighted by atomic mass is 9.91. The molecule has 3 heterocycles. The van der Waals surface area contributed by atoms with Crippen molar-refractivity contribution in [3.63, 3.8) is 0 Å². The average molecular weight is 300 g/mol. The lowest BCUT2D eigenvalue weighted by molar-refractivity contribution is 0.476. The highest BCUT2D eigenvalue weighted by Crippen LogP contribution is 2.26. The SMILES string of the molecule is Cc1cc2ncc(CNCC(C)(C)c3cccs3)cn2n1. The molecule has 110 valence electrons. The Bertz CT molecular complexity index is 728. The number of fused-ring (bicyclic) bond motifs is 1. The number of thiophene rings is 1. The molecule has 3 aromatic rings. The van der Waals surface area contributed by atoms with E-state index in [0.717, 1.165) is 30.0 Å². The summed E-state index contributed by atoms with van der Waals surface area (Å²) in [6.07, 6.45) is 3.96. The summed E-state index contributed by atoms with van der Waals surface area (Å²) >= 11 is 1.81. The van der Waals surface area contributed by atoms with Gasteiger partial charge in [-0.3, -0.25) is 0 Å². The Morgan fingerprint density at radius 1 is 1.38 bits per heavy atom. The molecule has 0 atom stereocenters. The molecule has 0 amide bonds. The number of aromatic nitrogens is 3. The lowest BCUT2D eigenvalue weighted by Gasteiger charge is -2.23.